The molecule has 2 aliphatic heterocycles. The lowest BCUT2D eigenvalue weighted by atomic mass is 10.0. The molecule has 2 aromatic rings. The zero-order chi connectivity index (χ0) is 14.4. The Labute approximate surface area is 120 Å². The molecule has 0 aromatic heterocycles. The number of hydrogen-bond acceptors (Lipinski definition) is 3. The lowest BCUT2D eigenvalue weighted by Crippen LogP contribution is -2.00. The Morgan fingerprint density at radius 1 is 0.810 bits per heavy atom. The summed E-state index contributed by atoms with van der Waals surface area (Å²) in [5, 5.41) is 9.39. The molecular weight excluding hydrogens is 264 g/mol. The molecule has 1 N–H and O–H groups in total. The van der Waals surface area contributed by atoms with Crippen molar-refractivity contribution in [3.05, 3.63) is 60.0 Å². The van der Waals surface area contributed by atoms with E-state index in [2.05, 4.69) is 6.58 Å². The first kappa shape index (κ1) is 11.9. The molecule has 2 aromatic carbocycles. The molecule has 0 aliphatic carbocycles. The highest BCUT2D eigenvalue weighted by Gasteiger charge is 2.15. The minimum absolute atomic E-state index is 0.233. The number of hydrogen-bond donors (Lipinski definition) is 1. The smallest absolute Gasteiger partial charge is 0.139 e. The molecule has 2 heterocycles. The van der Waals surface area contributed by atoms with Crippen molar-refractivity contribution in [2.45, 2.75) is 0 Å². The van der Waals surface area contributed by atoms with Gasteiger partial charge in [0.1, 0.15) is 28.1 Å². The van der Waals surface area contributed by atoms with Crippen LogP contribution in [0.1, 0.15) is 0 Å². The third-order valence-electron chi connectivity index (χ3n) is 3.49. The maximum absolute atomic E-state index is 9.39. The van der Waals surface area contributed by atoms with E-state index < -0.39 is 0 Å². The lowest BCUT2D eigenvalue weighted by Gasteiger charge is -2.12. The van der Waals surface area contributed by atoms with Gasteiger partial charge < -0.3 is 13.9 Å². The van der Waals surface area contributed by atoms with Crippen LogP contribution in [0.15, 0.2) is 63.4 Å². The monoisotopic (exact) mass is 276 g/mol. The molecule has 0 saturated heterocycles. The minimum Gasteiger partial charge on any atom is -0.508 e. The summed E-state index contributed by atoms with van der Waals surface area (Å²) in [4.78, 5) is 0. The van der Waals surface area contributed by atoms with Gasteiger partial charge in [-0.25, -0.2) is 0 Å². The topological polar surface area (TPSA) is 46.5 Å². The van der Waals surface area contributed by atoms with Gasteiger partial charge in [-0.15, -0.1) is 0 Å². The normalized spacial score (nSPS) is 11.2. The van der Waals surface area contributed by atoms with Gasteiger partial charge in [0.2, 0.25) is 0 Å². The molecule has 4 rings (SSSR count). The first-order valence-corrected chi connectivity index (χ1v) is 6.61. The predicted octanol–water partition coefficient (Wildman–Crippen LogP) is 4.19. The zero-order valence-electron chi connectivity index (χ0n) is 11.2. The van der Waals surface area contributed by atoms with Crippen LogP contribution in [0.4, 0.5) is 0 Å². The van der Waals surface area contributed by atoms with Crippen molar-refractivity contribution in [3.63, 3.8) is 0 Å². The first-order valence-electron chi connectivity index (χ1n) is 6.61. The predicted molar refractivity (Wildman–Crippen MR) is 81.8 cm³/mol. The van der Waals surface area contributed by atoms with Crippen molar-refractivity contribution in [2.75, 3.05) is 0 Å². The van der Waals surface area contributed by atoms with E-state index in [9.17, 15) is 5.11 Å². The van der Waals surface area contributed by atoms with Crippen LogP contribution >= 0.6 is 0 Å². The summed E-state index contributed by atoms with van der Waals surface area (Å²) in [6.07, 6.45) is 0. The molecule has 0 bridgehead atoms. The zero-order valence-corrected chi connectivity index (χ0v) is 11.2. The van der Waals surface area contributed by atoms with Crippen LogP contribution in [-0.2, 0) is 0 Å². The van der Waals surface area contributed by atoms with Crippen molar-refractivity contribution in [1.29, 1.82) is 0 Å². The number of phenolic OH excluding ortho intramolecular Hbond substituents is 1. The molecule has 0 fully saturated rings. The summed E-state index contributed by atoms with van der Waals surface area (Å²) >= 11 is 0. The Balaban J connectivity index is 2.06. The SMILES string of the molecule is C=c1cc2cc(-c3ccc(O)cc3)oc3cccc(o1)c3-2. The van der Waals surface area contributed by atoms with Crippen LogP contribution in [0.2, 0.25) is 0 Å². The van der Waals surface area contributed by atoms with E-state index in [1.54, 1.807) is 12.1 Å². The fraction of sp³-hybridized carbons (Fsp3) is 0. The standard InChI is InChI=1S/C18H12O3/c1-11-9-13-10-17(12-5-7-14(19)8-6-12)21-16-4-2-3-15(20-11)18(13)16/h2-10,19H,1H2. The molecule has 3 nitrogen and oxygen atoms in total. The molecule has 0 radical (unpaired) electrons. The van der Waals surface area contributed by atoms with E-state index in [0.717, 1.165) is 33.6 Å². The quantitative estimate of drug-likeness (QED) is 0.567. The van der Waals surface area contributed by atoms with Crippen molar-refractivity contribution in [1.82, 2.24) is 0 Å². The summed E-state index contributed by atoms with van der Waals surface area (Å²) < 4.78 is 11.6. The molecule has 0 saturated carbocycles. The van der Waals surface area contributed by atoms with Gasteiger partial charge in [0.25, 0.3) is 0 Å². The Morgan fingerprint density at radius 2 is 1.52 bits per heavy atom. The van der Waals surface area contributed by atoms with Gasteiger partial charge in [-0.05, 0) is 54.1 Å². The van der Waals surface area contributed by atoms with Crippen LogP contribution in [0.3, 0.4) is 0 Å². The summed E-state index contributed by atoms with van der Waals surface area (Å²) in [5.41, 5.74) is 5.01. The summed E-state index contributed by atoms with van der Waals surface area (Å²) in [6, 6.07) is 16.5. The number of benzene rings is 2. The van der Waals surface area contributed by atoms with E-state index in [0.29, 0.717) is 5.42 Å². The fourth-order valence-corrected chi connectivity index (χ4v) is 2.55. The van der Waals surface area contributed by atoms with Crippen LogP contribution in [-0.4, -0.2) is 5.11 Å². The number of aromatic hydroxyl groups is 1. The van der Waals surface area contributed by atoms with E-state index in [1.165, 1.54) is 0 Å². The summed E-state index contributed by atoms with van der Waals surface area (Å²) in [5.74, 6) is 0.970. The molecule has 0 spiro atoms. The fourth-order valence-electron chi connectivity index (χ4n) is 2.55. The van der Waals surface area contributed by atoms with Gasteiger partial charge in [0.05, 0.1) is 5.56 Å². The Morgan fingerprint density at radius 3 is 2.29 bits per heavy atom. The van der Waals surface area contributed by atoms with Gasteiger partial charge in [-0.2, -0.15) is 0 Å². The van der Waals surface area contributed by atoms with Crippen molar-refractivity contribution in [2.24, 2.45) is 0 Å². The molecular formula is C18H12O3. The molecule has 0 amide bonds. The minimum atomic E-state index is 0.233. The van der Waals surface area contributed by atoms with Gasteiger partial charge >= 0.3 is 0 Å². The molecule has 102 valence electrons. The Bertz CT molecular complexity index is 958. The molecule has 2 aliphatic rings. The van der Waals surface area contributed by atoms with E-state index >= 15 is 0 Å². The first-order chi connectivity index (χ1) is 10.2. The van der Waals surface area contributed by atoms with Crippen LogP contribution < -0.4 is 5.42 Å². The van der Waals surface area contributed by atoms with Crippen LogP contribution in [0, 0.1) is 0 Å². The van der Waals surface area contributed by atoms with Crippen molar-refractivity contribution < 1.29 is 13.9 Å². The van der Waals surface area contributed by atoms with Crippen molar-refractivity contribution >= 4 is 17.7 Å². The number of phenols is 1. The molecule has 3 heteroatoms. The molecule has 0 unspecified atom stereocenters. The second kappa shape index (κ2) is 4.28. The van der Waals surface area contributed by atoms with Crippen LogP contribution in [0.5, 0.6) is 5.75 Å². The maximum Gasteiger partial charge on any atom is 0.139 e. The maximum atomic E-state index is 9.39. The highest BCUT2D eigenvalue weighted by molar-refractivity contribution is 5.92. The highest BCUT2D eigenvalue weighted by atomic mass is 16.3. The average molecular weight is 276 g/mol. The Hall–Kier alpha value is -2.94. The van der Waals surface area contributed by atoms with E-state index in [-0.39, 0.29) is 5.75 Å². The third kappa shape index (κ3) is 1.91. The van der Waals surface area contributed by atoms with Gasteiger partial charge in [0, 0.05) is 5.56 Å². The molecule has 0 atom stereocenters. The third-order valence-corrected chi connectivity index (χ3v) is 3.49. The largest absolute Gasteiger partial charge is 0.508 e. The average Bonchev–Trinajstić information content (AvgIpc) is 2.47. The van der Waals surface area contributed by atoms with E-state index in [4.69, 9.17) is 8.83 Å². The second-order valence-electron chi connectivity index (χ2n) is 4.95. The van der Waals surface area contributed by atoms with Gasteiger partial charge in [-0.1, -0.05) is 12.6 Å². The van der Waals surface area contributed by atoms with Gasteiger partial charge in [-0.3, -0.25) is 0 Å². The Kier molecular flexibility index (Phi) is 2.42. The summed E-state index contributed by atoms with van der Waals surface area (Å²) in [6.45, 7) is 3.87. The van der Waals surface area contributed by atoms with Crippen LogP contribution in [0.25, 0.3) is 40.2 Å². The molecule has 21 heavy (non-hydrogen) atoms. The van der Waals surface area contributed by atoms with Crippen molar-refractivity contribution in [3.8, 4) is 28.2 Å². The van der Waals surface area contributed by atoms with Gasteiger partial charge in [0.15, 0.2) is 0 Å². The number of rotatable bonds is 1. The lowest BCUT2D eigenvalue weighted by molar-refractivity contribution is 0.475. The summed E-state index contributed by atoms with van der Waals surface area (Å²) in [7, 11) is 0. The highest BCUT2D eigenvalue weighted by Crippen LogP contribution is 2.36. The van der Waals surface area contributed by atoms with E-state index in [1.807, 2.05) is 42.5 Å². The second-order valence-corrected chi connectivity index (χ2v) is 4.95.